The van der Waals surface area contributed by atoms with Crippen LogP contribution in [0.4, 0.5) is 0 Å². The van der Waals surface area contributed by atoms with Gasteiger partial charge in [-0.2, -0.15) is 0 Å². The molecule has 0 aliphatic heterocycles. The highest BCUT2D eigenvalue weighted by atomic mass is 32.1. The van der Waals surface area contributed by atoms with E-state index < -0.39 is 32.1 Å². The third-order valence-corrected chi connectivity index (χ3v) is 3.82. The summed E-state index contributed by atoms with van der Waals surface area (Å²) in [5.41, 5.74) is 1.06. The SMILES string of the molecule is [2H]C([2H])([2H])C([2H])(C([2H])([2H])[2H])C([2H])([2H])Oc1ccc(-c2nc(C)c(C(=O)OCC)s2)cc1. The normalized spacial score (nSPS) is 19.1. The molecule has 2 rings (SSSR count). The molecule has 4 nitrogen and oxygen atoms in total. The Hall–Kier alpha value is -1.88. The summed E-state index contributed by atoms with van der Waals surface area (Å²) in [5, 5.41) is 0.495. The predicted octanol–water partition coefficient (Wildman–Crippen LogP) is 4.33. The lowest BCUT2D eigenvalue weighted by Crippen LogP contribution is -2.04. The number of benzene rings is 1. The summed E-state index contributed by atoms with van der Waals surface area (Å²) >= 11 is 1.11. The average Bonchev–Trinajstić information content (AvgIpc) is 3.01. The minimum absolute atomic E-state index is 0.169. The van der Waals surface area contributed by atoms with Crippen molar-refractivity contribution in [2.24, 2.45) is 5.89 Å². The van der Waals surface area contributed by atoms with E-state index in [4.69, 9.17) is 21.8 Å². The van der Waals surface area contributed by atoms with E-state index in [9.17, 15) is 4.79 Å². The van der Waals surface area contributed by atoms with E-state index in [1.165, 1.54) is 24.3 Å². The fourth-order valence-electron chi connectivity index (χ4n) is 1.68. The molecule has 2 aromatic rings. The van der Waals surface area contributed by atoms with E-state index in [1.807, 2.05) is 0 Å². The first-order valence-corrected chi connectivity index (χ1v) is 7.31. The fraction of sp³-hybridized carbons (Fsp3) is 0.412. The fourth-order valence-corrected chi connectivity index (χ4v) is 2.65. The zero-order valence-electron chi connectivity index (χ0n) is 21.1. The summed E-state index contributed by atoms with van der Waals surface area (Å²) < 4.78 is 78.4. The molecule has 22 heavy (non-hydrogen) atoms. The number of nitrogens with zero attached hydrogens (tertiary/aromatic N) is 1. The smallest absolute Gasteiger partial charge is 0.350 e. The maximum absolute atomic E-state index is 12.0. The zero-order valence-corrected chi connectivity index (χ0v) is 12.9. The predicted molar refractivity (Wildman–Crippen MR) is 88.6 cm³/mol. The maximum Gasteiger partial charge on any atom is 0.350 e. The first-order valence-electron chi connectivity index (χ1n) is 11.0. The molecule has 1 aromatic carbocycles. The van der Waals surface area contributed by atoms with Crippen molar-refractivity contribution in [1.82, 2.24) is 4.98 Å². The van der Waals surface area contributed by atoms with Gasteiger partial charge < -0.3 is 9.47 Å². The number of thiazole rings is 1. The molecule has 1 heterocycles. The third-order valence-electron chi connectivity index (χ3n) is 2.63. The van der Waals surface area contributed by atoms with Crippen LogP contribution < -0.4 is 4.74 Å². The number of hydrogen-bond donors (Lipinski definition) is 0. The second-order valence-corrected chi connectivity index (χ2v) is 5.26. The molecule has 1 aromatic heterocycles. The molecule has 0 atom stereocenters. The minimum atomic E-state index is -3.52. The van der Waals surface area contributed by atoms with Crippen LogP contribution in [0.2, 0.25) is 0 Å². The van der Waals surface area contributed by atoms with Crippen molar-refractivity contribution in [3.8, 4) is 16.3 Å². The number of ether oxygens (including phenoxy) is 2. The van der Waals surface area contributed by atoms with Crippen LogP contribution in [0.25, 0.3) is 10.6 Å². The van der Waals surface area contributed by atoms with Crippen LogP contribution in [0, 0.1) is 12.8 Å². The second-order valence-electron chi connectivity index (χ2n) is 4.26. The van der Waals surface area contributed by atoms with Crippen LogP contribution in [-0.2, 0) is 4.74 Å². The molecule has 0 bridgehead atoms. The summed E-state index contributed by atoms with van der Waals surface area (Å²) in [7, 11) is 0. The van der Waals surface area contributed by atoms with Crippen LogP contribution in [0.15, 0.2) is 24.3 Å². The Labute approximate surface area is 147 Å². The Kier molecular flexibility index (Phi) is 2.73. The van der Waals surface area contributed by atoms with Crippen LogP contribution in [-0.4, -0.2) is 24.1 Å². The molecule has 0 spiro atoms. The lowest BCUT2D eigenvalue weighted by Gasteiger charge is -2.08. The van der Waals surface area contributed by atoms with Crippen molar-refractivity contribution >= 4 is 17.3 Å². The Bertz CT molecular complexity index is 922. The van der Waals surface area contributed by atoms with Gasteiger partial charge in [0.1, 0.15) is 15.6 Å². The summed E-state index contributed by atoms with van der Waals surface area (Å²) in [5.74, 6) is -4.18. The number of carbonyl (C=O) groups is 1. The molecule has 0 saturated heterocycles. The lowest BCUT2D eigenvalue weighted by molar-refractivity contribution is 0.0531. The van der Waals surface area contributed by atoms with Gasteiger partial charge in [-0.3, -0.25) is 0 Å². The van der Waals surface area contributed by atoms with E-state index in [0.29, 0.717) is 21.1 Å². The summed E-state index contributed by atoms with van der Waals surface area (Å²) in [6.07, 6.45) is 0. The monoisotopic (exact) mass is 328 g/mol. The van der Waals surface area contributed by atoms with Gasteiger partial charge in [-0.15, -0.1) is 11.3 Å². The highest BCUT2D eigenvalue weighted by Gasteiger charge is 2.17. The van der Waals surface area contributed by atoms with Gasteiger partial charge in [-0.25, -0.2) is 9.78 Å². The van der Waals surface area contributed by atoms with E-state index in [0.717, 1.165) is 11.3 Å². The van der Waals surface area contributed by atoms with Crippen molar-refractivity contribution in [1.29, 1.82) is 0 Å². The van der Waals surface area contributed by atoms with Crippen molar-refractivity contribution in [3.05, 3.63) is 34.8 Å². The van der Waals surface area contributed by atoms with Crippen molar-refractivity contribution in [2.45, 2.75) is 27.6 Å². The number of carbonyl (C=O) groups excluding carboxylic acids is 1. The maximum atomic E-state index is 12.0. The topological polar surface area (TPSA) is 48.4 Å². The second kappa shape index (κ2) is 7.40. The highest BCUT2D eigenvalue weighted by molar-refractivity contribution is 7.17. The first kappa shape index (κ1) is 8.11. The Morgan fingerprint density at radius 3 is 2.82 bits per heavy atom. The van der Waals surface area contributed by atoms with Crippen LogP contribution in [0.3, 0.4) is 0 Å². The highest BCUT2D eigenvalue weighted by Crippen LogP contribution is 2.29. The van der Waals surface area contributed by atoms with Crippen LogP contribution in [0.1, 0.15) is 48.3 Å². The van der Waals surface area contributed by atoms with E-state index in [1.54, 1.807) is 13.8 Å². The molecule has 5 heteroatoms. The molecule has 0 unspecified atom stereocenters. The number of aromatic nitrogens is 1. The summed E-state index contributed by atoms with van der Waals surface area (Å²) in [6, 6.07) is 5.59. The average molecular weight is 328 g/mol. The molecule has 0 N–H and O–H groups in total. The summed E-state index contributed by atoms with van der Waals surface area (Å²) in [4.78, 5) is 16.6. The molecule has 0 aliphatic carbocycles. The van der Waals surface area contributed by atoms with Gasteiger partial charge in [-0.05, 0) is 44.0 Å². The van der Waals surface area contributed by atoms with Gasteiger partial charge in [0, 0.05) is 15.2 Å². The largest absolute Gasteiger partial charge is 0.493 e. The number of esters is 1. The van der Waals surface area contributed by atoms with Crippen molar-refractivity contribution in [3.63, 3.8) is 0 Å². The van der Waals surface area contributed by atoms with E-state index >= 15 is 0 Å². The Morgan fingerprint density at radius 1 is 1.45 bits per heavy atom. The molecular formula is C17H21NO3S. The zero-order chi connectivity index (χ0) is 23.8. The number of aryl methyl sites for hydroxylation is 1. The molecule has 0 aliphatic rings. The standard InChI is InChI=1S/C17H21NO3S/c1-5-20-17(19)15-12(4)18-16(22-15)13-6-8-14(9-7-13)21-10-11(2)3/h6-9,11H,5,10H2,1-4H3/i2D3,3D3,10D2,11D. The molecular weight excluding hydrogens is 298 g/mol. The number of rotatable bonds is 6. The first-order chi connectivity index (χ1) is 14.0. The van der Waals surface area contributed by atoms with Gasteiger partial charge >= 0.3 is 5.97 Å². The third kappa shape index (κ3) is 4.07. The minimum Gasteiger partial charge on any atom is -0.493 e. The molecule has 0 amide bonds. The molecule has 0 saturated carbocycles. The van der Waals surface area contributed by atoms with Crippen molar-refractivity contribution < 1.29 is 26.6 Å². The van der Waals surface area contributed by atoms with Gasteiger partial charge in [-0.1, -0.05) is 13.7 Å². The van der Waals surface area contributed by atoms with Crippen LogP contribution in [0.5, 0.6) is 5.75 Å². The molecule has 0 radical (unpaired) electrons. The van der Waals surface area contributed by atoms with E-state index in [-0.39, 0.29) is 12.4 Å². The van der Waals surface area contributed by atoms with Crippen molar-refractivity contribution in [2.75, 3.05) is 13.2 Å². The van der Waals surface area contributed by atoms with Crippen LogP contribution >= 0.6 is 11.3 Å². The van der Waals surface area contributed by atoms with Gasteiger partial charge in [0.15, 0.2) is 0 Å². The molecule has 0 fully saturated rings. The lowest BCUT2D eigenvalue weighted by atomic mass is 10.2. The van der Waals surface area contributed by atoms with Gasteiger partial charge in [0.2, 0.25) is 0 Å². The molecule has 118 valence electrons. The number of hydrogen-bond acceptors (Lipinski definition) is 5. The summed E-state index contributed by atoms with van der Waals surface area (Å²) in [6.45, 7) is -6.75. The van der Waals surface area contributed by atoms with Gasteiger partial charge in [0.05, 0.1) is 21.6 Å². The van der Waals surface area contributed by atoms with E-state index in [2.05, 4.69) is 4.98 Å². The quantitative estimate of drug-likeness (QED) is 0.741. The Balaban J connectivity index is 2.32. The van der Waals surface area contributed by atoms with Gasteiger partial charge in [0.25, 0.3) is 0 Å². The Morgan fingerprint density at radius 2 is 2.18 bits per heavy atom.